The van der Waals surface area contributed by atoms with Gasteiger partial charge in [-0.25, -0.2) is 9.78 Å². The number of aromatic nitrogens is 2. The van der Waals surface area contributed by atoms with Gasteiger partial charge in [-0.2, -0.15) is 5.26 Å². The van der Waals surface area contributed by atoms with Crippen molar-refractivity contribution in [3.63, 3.8) is 0 Å². The van der Waals surface area contributed by atoms with Gasteiger partial charge in [0.25, 0.3) is 0 Å². The fourth-order valence-electron chi connectivity index (χ4n) is 5.61. The van der Waals surface area contributed by atoms with Crippen molar-refractivity contribution in [1.82, 2.24) is 9.55 Å². The first-order chi connectivity index (χ1) is 17.4. The summed E-state index contributed by atoms with van der Waals surface area (Å²) in [6, 6.07) is 13.5. The number of carboxylic acids is 1. The molecular weight excluding hydrogens is 458 g/mol. The highest BCUT2D eigenvalue weighted by molar-refractivity contribution is 5.96. The fraction of sp³-hybridized carbons (Fsp3) is 0.407. The number of amides is 1. The number of methoxy groups -OCH3 is 1. The Hall–Kier alpha value is -4.06. The Labute approximate surface area is 209 Å². The maximum Gasteiger partial charge on any atom is 0.414 e. The number of aryl methyl sites for hydroxylation is 1. The molecule has 0 radical (unpaired) electrons. The van der Waals surface area contributed by atoms with E-state index in [4.69, 9.17) is 9.72 Å². The van der Waals surface area contributed by atoms with Gasteiger partial charge in [0.05, 0.1) is 41.4 Å². The van der Waals surface area contributed by atoms with E-state index in [2.05, 4.69) is 16.0 Å². The molecule has 1 unspecified atom stereocenters. The van der Waals surface area contributed by atoms with Gasteiger partial charge >= 0.3 is 12.1 Å². The van der Waals surface area contributed by atoms with E-state index in [1.165, 1.54) is 7.11 Å². The van der Waals surface area contributed by atoms with Crippen LogP contribution in [0.2, 0.25) is 0 Å². The number of imidazole rings is 1. The maximum atomic E-state index is 12.6. The Balaban J connectivity index is 1.62. The van der Waals surface area contributed by atoms with E-state index in [0.29, 0.717) is 24.4 Å². The standard InChI is InChI=1S/C27H29N5O4/c1-16-6-11-21-22(31(16)27(35)36-2)12-13-23-24(21)30-26(29-19-5-3-4-17(14-19)15-28)32(23)20-9-7-18(8-10-20)25(33)34/h3-5,12-14,16,18,20H,6-11H2,1-2H3,(H,29,30)(H,33,34). The van der Waals surface area contributed by atoms with Gasteiger partial charge in [0.15, 0.2) is 0 Å². The monoisotopic (exact) mass is 487 g/mol. The minimum absolute atomic E-state index is 0.0158. The number of benzene rings is 2. The molecule has 3 aromatic rings. The number of fused-ring (bicyclic) bond motifs is 3. The zero-order valence-corrected chi connectivity index (χ0v) is 20.4. The van der Waals surface area contributed by atoms with Crippen LogP contribution in [0.25, 0.3) is 11.0 Å². The van der Waals surface area contributed by atoms with Crippen LogP contribution >= 0.6 is 0 Å². The summed E-state index contributed by atoms with van der Waals surface area (Å²) in [4.78, 5) is 30.8. The van der Waals surface area contributed by atoms with Crippen LogP contribution in [-0.2, 0) is 16.0 Å². The zero-order valence-electron chi connectivity index (χ0n) is 20.4. The Morgan fingerprint density at radius 3 is 2.64 bits per heavy atom. The molecule has 36 heavy (non-hydrogen) atoms. The van der Waals surface area contributed by atoms with Crippen molar-refractivity contribution in [1.29, 1.82) is 5.26 Å². The fourth-order valence-corrected chi connectivity index (χ4v) is 5.61. The zero-order chi connectivity index (χ0) is 25.4. The van der Waals surface area contributed by atoms with E-state index < -0.39 is 5.97 Å². The molecule has 0 bridgehead atoms. The second kappa shape index (κ2) is 9.53. The molecule has 2 N–H and O–H groups in total. The Kier molecular flexibility index (Phi) is 6.27. The molecule has 1 saturated carbocycles. The largest absolute Gasteiger partial charge is 0.481 e. The summed E-state index contributed by atoms with van der Waals surface area (Å²) in [6.45, 7) is 2.01. The lowest BCUT2D eigenvalue weighted by atomic mass is 9.86. The van der Waals surface area contributed by atoms with Gasteiger partial charge in [-0.1, -0.05) is 6.07 Å². The number of carboxylic acid groups (broad SMARTS) is 1. The SMILES string of the molecule is COC(=O)N1c2ccc3c(nc(Nc4cccc(C#N)c4)n3C3CCC(C(=O)O)CC3)c2CCC1C. The average Bonchev–Trinajstić information content (AvgIpc) is 3.26. The summed E-state index contributed by atoms with van der Waals surface area (Å²) >= 11 is 0. The van der Waals surface area contributed by atoms with E-state index in [0.717, 1.165) is 53.7 Å². The van der Waals surface area contributed by atoms with Crippen LogP contribution in [0, 0.1) is 17.2 Å². The topological polar surface area (TPSA) is 120 Å². The van der Waals surface area contributed by atoms with Crippen molar-refractivity contribution in [2.45, 2.75) is 57.5 Å². The van der Waals surface area contributed by atoms with E-state index in [-0.39, 0.29) is 24.1 Å². The van der Waals surface area contributed by atoms with E-state index >= 15 is 0 Å². The molecule has 2 aromatic carbocycles. The van der Waals surface area contributed by atoms with Crippen LogP contribution < -0.4 is 10.2 Å². The minimum Gasteiger partial charge on any atom is -0.481 e. The van der Waals surface area contributed by atoms with Crippen LogP contribution in [0.3, 0.4) is 0 Å². The average molecular weight is 488 g/mol. The molecule has 0 spiro atoms. The third kappa shape index (κ3) is 4.13. The van der Waals surface area contributed by atoms with Crippen LogP contribution in [0.4, 0.5) is 22.1 Å². The lowest BCUT2D eigenvalue weighted by molar-refractivity contribution is -0.143. The highest BCUT2D eigenvalue weighted by atomic mass is 16.5. The van der Waals surface area contributed by atoms with Crippen molar-refractivity contribution in [2.24, 2.45) is 5.92 Å². The summed E-state index contributed by atoms with van der Waals surface area (Å²) in [5, 5.41) is 22.2. The van der Waals surface area contributed by atoms with Gasteiger partial charge < -0.3 is 19.7 Å². The van der Waals surface area contributed by atoms with Crippen LogP contribution in [0.1, 0.15) is 56.2 Å². The van der Waals surface area contributed by atoms with Gasteiger partial charge in [0.2, 0.25) is 5.95 Å². The number of rotatable bonds is 4. The van der Waals surface area contributed by atoms with Gasteiger partial charge in [-0.3, -0.25) is 9.69 Å². The predicted molar refractivity (Wildman–Crippen MR) is 135 cm³/mol. The number of hydrogen-bond acceptors (Lipinski definition) is 6. The molecule has 1 fully saturated rings. The highest BCUT2D eigenvalue weighted by Gasteiger charge is 2.33. The maximum absolute atomic E-state index is 12.6. The summed E-state index contributed by atoms with van der Waals surface area (Å²) in [5.41, 5.74) is 4.89. The Morgan fingerprint density at radius 1 is 1.17 bits per heavy atom. The highest BCUT2D eigenvalue weighted by Crippen LogP contribution is 2.41. The molecule has 5 rings (SSSR count). The molecule has 2 heterocycles. The molecule has 1 aliphatic heterocycles. The first-order valence-corrected chi connectivity index (χ1v) is 12.3. The smallest absolute Gasteiger partial charge is 0.414 e. The summed E-state index contributed by atoms with van der Waals surface area (Å²) in [5.74, 6) is -0.403. The lowest BCUT2D eigenvalue weighted by Gasteiger charge is -2.34. The van der Waals surface area contributed by atoms with E-state index in [1.54, 1.807) is 17.0 Å². The third-order valence-electron chi connectivity index (χ3n) is 7.48. The number of anilines is 3. The molecule has 0 saturated heterocycles. The molecule has 2 aliphatic rings. The summed E-state index contributed by atoms with van der Waals surface area (Å²) < 4.78 is 7.23. The second-order valence-electron chi connectivity index (χ2n) is 9.63. The van der Waals surface area contributed by atoms with E-state index in [1.807, 2.05) is 31.2 Å². The molecule has 1 aliphatic carbocycles. The van der Waals surface area contributed by atoms with Crippen molar-refractivity contribution in [3.05, 3.63) is 47.5 Å². The van der Waals surface area contributed by atoms with Gasteiger partial charge in [0, 0.05) is 23.3 Å². The molecule has 1 amide bonds. The van der Waals surface area contributed by atoms with Gasteiger partial charge in [-0.05, 0) is 75.8 Å². The summed E-state index contributed by atoms with van der Waals surface area (Å²) in [7, 11) is 1.39. The Bertz CT molecular complexity index is 1370. The third-order valence-corrected chi connectivity index (χ3v) is 7.48. The second-order valence-corrected chi connectivity index (χ2v) is 9.63. The number of carbonyl (C=O) groups is 2. The first-order valence-electron chi connectivity index (χ1n) is 12.3. The number of nitrogens with zero attached hydrogens (tertiary/aromatic N) is 4. The normalized spacial score (nSPS) is 21.5. The molecule has 186 valence electrons. The van der Waals surface area contributed by atoms with Crippen molar-refractivity contribution in [2.75, 3.05) is 17.3 Å². The van der Waals surface area contributed by atoms with Crippen LogP contribution in [0.15, 0.2) is 36.4 Å². The Morgan fingerprint density at radius 2 is 1.94 bits per heavy atom. The molecule has 1 atom stereocenters. The van der Waals surface area contributed by atoms with Gasteiger partial charge in [0.1, 0.15) is 0 Å². The molecule has 1 aromatic heterocycles. The molecule has 9 heteroatoms. The summed E-state index contributed by atoms with van der Waals surface area (Å²) in [6.07, 6.45) is 3.89. The number of hydrogen-bond donors (Lipinski definition) is 2. The molecule has 9 nitrogen and oxygen atoms in total. The minimum atomic E-state index is -0.735. The van der Waals surface area contributed by atoms with Gasteiger partial charge in [-0.15, -0.1) is 0 Å². The van der Waals surface area contributed by atoms with Crippen LogP contribution in [0.5, 0.6) is 0 Å². The lowest BCUT2D eigenvalue weighted by Crippen LogP contribution is -2.42. The quantitative estimate of drug-likeness (QED) is 0.507. The predicted octanol–water partition coefficient (Wildman–Crippen LogP) is 5.37. The number of nitriles is 1. The number of aliphatic carboxylic acids is 1. The van der Waals surface area contributed by atoms with E-state index in [9.17, 15) is 20.0 Å². The van der Waals surface area contributed by atoms with Crippen molar-refractivity contribution >= 4 is 40.4 Å². The number of nitrogens with one attached hydrogen (secondary N) is 1. The van der Waals surface area contributed by atoms with Crippen molar-refractivity contribution in [3.8, 4) is 6.07 Å². The number of carbonyl (C=O) groups excluding carboxylic acids is 1. The van der Waals surface area contributed by atoms with Crippen LogP contribution in [-0.4, -0.2) is 39.9 Å². The molecular formula is C27H29N5O4. The number of ether oxygens (including phenoxy) is 1. The first kappa shape index (κ1) is 23.7. The van der Waals surface area contributed by atoms with Crippen molar-refractivity contribution < 1.29 is 19.4 Å².